The Hall–Kier alpha value is -2.45. The Kier molecular flexibility index (Phi) is 3.92. The average Bonchev–Trinajstić information content (AvgIpc) is 2.40. The van der Waals surface area contributed by atoms with Crippen LogP contribution in [0.2, 0.25) is 0 Å². The number of amides is 1. The molecule has 110 valence electrons. The van der Waals surface area contributed by atoms with E-state index >= 15 is 0 Å². The van der Waals surface area contributed by atoms with E-state index in [1.807, 2.05) is 0 Å². The smallest absolute Gasteiger partial charge is 0.276 e. The van der Waals surface area contributed by atoms with Gasteiger partial charge in [-0.25, -0.2) is 18.5 Å². The van der Waals surface area contributed by atoms with Crippen LogP contribution < -0.4 is 16.2 Å². The standard InChI is InChI=1S/C13H14N4O3S/c1-8-4-5-9(21(15,19)20)7-11(8)17-13(18)12-10(14)3-2-6-16-12/h2-7H,14H2,1H3,(H,17,18)(H2,15,19,20). The van der Waals surface area contributed by atoms with Crippen LogP contribution in [-0.4, -0.2) is 19.3 Å². The number of anilines is 2. The van der Waals surface area contributed by atoms with Crippen molar-refractivity contribution in [2.75, 3.05) is 11.1 Å². The van der Waals surface area contributed by atoms with Crippen LogP contribution in [0.5, 0.6) is 0 Å². The highest BCUT2D eigenvalue weighted by Gasteiger charge is 2.15. The first-order valence-corrected chi connectivity index (χ1v) is 7.49. The first-order chi connectivity index (χ1) is 9.79. The highest BCUT2D eigenvalue weighted by molar-refractivity contribution is 7.89. The number of aromatic nitrogens is 1. The summed E-state index contributed by atoms with van der Waals surface area (Å²) in [6, 6.07) is 7.38. The molecule has 0 atom stereocenters. The van der Waals surface area contributed by atoms with Crippen LogP contribution in [-0.2, 0) is 10.0 Å². The van der Waals surface area contributed by atoms with Crippen LogP contribution in [0.1, 0.15) is 16.1 Å². The second-order valence-electron chi connectivity index (χ2n) is 4.42. The molecule has 0 saturated carbocycles. The van der Waals surface area contributed by atoms with Crippen LogP contribution in [0.15, 0.2) is 41.4 Å². The maximum Gasteiger partial charge on any atom is 0.276 e. The number of rotatable bonds is 3. The van der Waals surface area contributed by atoms with Gasteiger partial charge in [0.2, 0.25) is 10.0 Å². The summed E-state index contributed by atoms with van der Waals surface area (Å²) in [5, 5.41) is 7.65. The third-order valence-corrected chi connectivity index (χ3v) is 3.75. The fraction of sp³-hybridized carbons (Fsp3) is 0.0769. The zero-order valence-electron chi connectivity index (χ0n) is 11.2. The Morgan fingerprint density at radius 2 is 2.00 bits per heavy atom. The number of carbonyl (C=O) groups excluding carboxylic acids is 1. The first-order valence-electron chi connectivity index (χ1n) is 5.94. The summed E-state index contributed by atoms with van der Waals surface area (Å²) in [5.74, 6) is -0.525. The van der Waals surface area contributed by atoms with E-state index in [1.165, 1.54) is 18.3 Å². The number of hydrogen-bond donors (Lipinski definition) is 3. The van der Waals surface area contributed by atoms with Gasteiger partial charge in [0, 0.05) is 11.9 Å². The molecule has 8 heteroatoms. The van der Waals surface area contributed by atoms with Crippen LogP contribution in [0.25, 0.3) is 0 Å². The molecule has 0 spiro atoms. The number of aryl methyl sites for hydroxylation is 1. The molecule has 1 heterocycles. The molecule has 5 N–H and O–H groups in total. The highest BCUT2D eigenvalue weighted by Crippen LogP contribution is 2.20. The quantitative estimate of drug-likeness (QED) is 0.775. The normalized spacial score (nSPS) is 11.1. The van der Waals surface area contributed by atoms with Gasteiger partial charge in [-0.2, -0.15) is 0 Å². The zero-order valence-corrected chi connectivity index (χ0v) is 12.0. The molecule has 0 radical (unpaired) electrons. The number of benzene rings is 1. The maximum absolute atomic E-state index is 12.1. The molecule has 0 unspecified atom stereocenters. The van der Waals surface area contributed by atoms with Gasteiger partial charge in [-0.1, -0.05) is 6.07 Å². The van der Waals surface area contributed by atoms with Gasteiger partial charge in [-0.15, -0.1) is 0 Å². The predicted molar refractivity (Wildman–Crippen MR) is 79.2 cm³/mol. The zero-order chi connectivity index (χ0) is 15.6. The molecular weight excluding hydrogens is 292 g/mol. The third-order valence-electron chi connectivity index (χ3n) is 2.84. The monoisotopic (exact) mass is 306 g/mol. The van der Waals surface area contributed by atoms with Crippen LogP contribution in [0.4, 0.5) is 11.4 Å². The Balaban J connectivity index is 2.36. The number of nitrogens with one attached hydrogen (secondary N) is 1. The van der Waals surface area contributed by atoms with E-state index in [9.17, 15) is 13.2 Å². The van der Waals surface area contributed by atoms with Gasteiger partial charge in [0.1, 0.15) is 0 Å². The van der Waals surface area contributed by atoms with E-state index in [1.54, 1.807) is 25.1 Å². The molecule has 21 heavy (non-hydrogen) atoms. The van der Waals surface area contributed by atoms with Crippen molar-refractivity contribution in [1.82, 2.24) is 4.98 Å². The Morgan fingerprint density at radius 1 is 1.29 bits per heavy atom. The Bertz CT molecular complexity index is 803. The average molecular weight is 306 g/mol. The molecular formula is C13H14N4O3S. The minimum atomic E-state index is -3.84. The summed E-state index contributed by atoms with van der Waals surface area (Å²) < 4.78 is 22.7. The summed E-state index contributed by atoms with van der Waals surface area (Å²) in [6.45, 7) is 1.73. The second kappa shape index (κ2) is 5.51. The molecule has 0 aliphatic heterocycles. The summed E-state index contributed by atoms with van der Waals surface area (Å²) in [5.41, 5.74) is 6.99. The summed E-state index contributed by atoms with van der Waals surface area (Å²) >= 11 is 0. The number of nitrogens with zero attached hydrogens (tertiary/aromatic N) is 1. The van der Waals surface area contributed by atoms with Crippen molar-refractivity contribution in [1.29, 1.82) is 0 Å². The number of primary sulfonamides is 1. The van der Waals surface area contributed by atoms with E-state index in [4.69, 9.17) is 10.9 Å². The molecule has 0 aliphatic carbocycles. The van der Waals surface area contributed by atoms with Gasteiger partial charge in [0.25, 0.3) is 5.91 Å². The summed E-state index contributed by atoms with van der Waals surface area (Å²) in [4.78, 5) is 15.9. The minimum Gasteiger partial charge on any atom is -0.397 e. The van der Waals surface area contributed by atoms with Crippen molar-refractivity contribution in [3.63, 3.8) is 0 Å². The Morgan fingerprint density at radius 3 is 2.62 bits per heavy atom. The van der Waals surface area contributed by atoms with Crippen LogP contribution in [0, 0.1) is 6.92 Å². The highest BCUT2D eigenvalue weighted by atomic mass is 32.2. The number of hydrogen-bond acceptors (Lipinski definition) is 5. The van der Waals surface area contributed by atoms with Crippen molar-refractivity contribution in [3.05, 3.63) is 47.8 Å². The number of pyridine rings is 1. The van der Waals surface area contributed by atoms with E-state index < -0.39 is 15.9 Å². The molecule has 2 aromatic rings. The number of carbonyl (C=O) groups is 1. The van der Waals surface area contributed by atoms with E-state index in [0.29, 0.717) is 11.3 Å². The molecule has 0 saturated heterocycles. The molecule has 1 aromatic carbocycles. The topological polar surface area (TPSA) is 128 Å². The third kappa shape index (κ3) is 3.36. The summed E-state index contributed by atoms with van der Waals surface area (Å²) in [6.07, 6.45) is 1.44. The molecule has 1 amide bonds. The summed E-state index contributed by atoms with van der Waals surface area (Å²) in [7, 11) is -3.84. The predicted octanol–water partition coefficient (Wildman–Crippen LogP) is 0.872. The number of sulfonamides is 1. The van der Waals surface area contributed by atoms with Crippen LogP contribution >= 0.6 is 0 Å². The fourth-order valence-electron chi connectivity index (χ4n) is 1.70. The minimum absolute atomic E-state index is 0.0675. The van der Waals surface area contributed by atoms with Gasteiger partial charge in [0.05, 0.1) is 10.6 Å². The number of nitrogen functional groups attached to an aromatic ring is 1. The maximum atomic E-state index is 12.1. The lowest BCUT2D eigenvalue weighted by atomic mass is 10.2. The van der Waals surface area contributed by atoms with Crippen LogP contribution in [0.3, 0.4) is 0 Å². The van der Waals surface area contributed by atoms with Gasteiger partial charge < -0.3 is 11.1 Å². The molecule has 2 rings (SSSR count). The van der Waals surface area contributed by atoms with Gasteiger partial charge in [-0.05, 0) is 36.8 Å². The first kappa shape index (κ1) is 14.9. The fourth-order valence-corrected chi connectivity index (χ4v) is 2.24. The molecule has 0 bridgehead atoms. The van der Waals surface area contributed by atoms with Crippen molar-refractivity contribution >= 4 is 27.3 Å². The van der Waals surface area contributed by atoms with Crippen molar-refractivity contribution < 1.29 is 13.2 Å². The van der Waals surface area contributed by atoms with Crippen molar-refractivity contribution in [2.45, 2.75) is 11.8 Å². The van der Waals surface area contributed by atoms with Crippen molar-refractivity contribution in [3.8, 4) is 0 Å². The molecule has 0 fully saturated rings. The van der Waals surface area contributed by atoms with E-state index in [0.717, 1.165) is 0 Å². The molecule has 7 nitrogen and oxygen atoms in total. The molecule has 1 aromatic heterocycles. The lowest BCUT2D eigenvalue weighted by Gasteiger charge is -2.10. The SMILES string of the molecule is Cc1ccc(S(N)(=O)=O)cc1NC(=O)c1ncccc1N. The number of nitrogens with two attached hydrogens (primary N) is 2. The molecule has 0 aliphatic rings. The largest absolute Gasteiger partial charge is 0.397 e. The van der Waals surface area contributed by atoms with Gasteiger partial charge in [0.15, 0.2) is 5.69 Å². The lowest BCUT2D eigenvalue weighted by Crippen LogP contribution is -2.17. The van der Waals surface area contributed by atoms with Crippen molar-refractivity contribution in [2.24, 2.45) is 5.14 Å². The van der Waals surface area contributed by atoms with E-state index in [2.05, 4.69) is 10.3 Å². The Labute approximate surface area is 122 Å². The van der Waals surface area contributed by atoms with Gasteiger partial charge in [-0.3, -0.25) is 4.79 Å². The van der Waals surface area contributed by atoms with Gasteiger partial charge >= 0.3 is 0 Å². The second-order valence-corrected chi connectivity index (χ2v) is 5.98. The lowest BCUT2D eigenvalue weighted by molar-refractivity contribution is 0.102. The van der Waals surface area contributed by atoms with E-state index in [-0.39, 0.29) is 16.3 Å².